The molecule has 0 aliphatic rings. The van der Waals surface area contributed by atoms with E-state index in [2.05, 4.69) is 10.5 Å². The topological polar surface area (TPSA) is 91.1 Å². The highest BCUT2D eigenvalue weighted by molar-refractivity contribution is 7.16. The van der Waals surface area contributed by atoms with Gasteiger partial charge in [-0.25, -0.2) is 0 Å². The number of hydrogen-bond donors (Lipinski definition) is 1. The minimum Gasteiger partial charge on any atom is -0.492 e. The summed E-state index contributed by atoms with van der Waals surface area (Å²) in [7, 11) is 4.62. The van der Waals surface area contributed by atoms with Crippen molar-refractivity contribution in [3.8, 4) is 5.75 Å². The average molecular weight is 520 g/mol. The highest BCUT2D eigenvalue weighted by Gasteiger charge is 2.17. The highest BCUT2D eigenvalue weighted by atomic mass is 32.1. The lowest BCUT2D eigenvalue weighted by Gasteiger charge is -2.14. The Balaban J connectivity index is 1.43. The van der Waals surface area contributed by atoms with E-state index in [-0.39, 0.29) is 10.8 Å². The SMILES string of the molecule is CNC(Cc1ccc(OCCn2c(=O)sc3cc(/C(=N/OC)c4ccccc4)ccc32)cc1)C(=O)OC. The highest BCUT2D eigenvalue weighted by Crippen LogP contribution is 2.22. The number of nitrogens with zero attached hydrogens (tertiary/aromatic N) is 2. The Kier molecular flexibility index (Phi) is 8.71. The van der Waals surface area contributed by atoms with Gasteiger partial charge in [-0.2, -0.15) is 0 Å². The third kappa shape index (κ3) is 6.25. The number of rotatable bonds is 11. The number of likely N-dealkylation sites (N-methyl/N-ethyl adjacent to an activating group) is 1. The summed E-state index contributed by atoms with van der Waals surface area (Å²) in [6.07, 6.45) is 0.517. The molecule has 1 atom stereocenters. The molecule has 1 unspecified atom stereocenters. The van der Waals surface area contributed by atoms with Gasteiger partial charge in [-0.1, -0.05) is 65.0 Å². The number of nitrogens with one attached hydrogen (secondary N) is 1. The van der Waals surface area contributed by atoms with Crippen molar-refractivity contribution in [3.63, 3.8) is 0 Å². The van der Waals surface area contributed by atoms with E-state index in [1.165, 1.54) is 25.6 Å². The van der Waals surface area contributed by atoms with Crippen molar-refractivity contribution in [1.82, 2.24) is 9.88 Å². The number of esters is 1. The maximum absolute atomic E-state index is 12.7. The van der Waals surface area contributed by atoms with Gasteiger partial charge in [-0.15, -0.1) is 0 Å². The van der Waals surface area contributed by atoms with Crippen LogP contribution in [0.1, 0.15) is 16.7 Å². The van der Waals surface area contributed by atoms with Crippen molar-refractivity contribution < 1.29 is 19.1 Å². The van der Waals surface area contributed by atoms with Crippen molar-refractivity contribution in [1.29, 1.82) is 0 Å². The quantitative estimate of drug-likeness (QED) is 0.184. The molecule has 0 bridgehead atoms. The molecule has 0 saturated heterocycles. The van der Waals surface area contributed by atoms with Crippen LogP contribution >= 0.6 is 11.3 Å². The summed E-state index contributed by atoms with van der Waals surface area (Å²) in [5, 5.41) is 7.17. The Morgan fingerprint density at radius 2 is 1.78 bits per heavy atom. The van der Waals surface area contributed by atoms with Gasteiger partial charge in [-0.3, -0.25) is 14.2 Å². The Bertz CT molecular complexity index is 1430. The first-order valence-electron chi connectivity index (χ1n) is 11.8. The minimum atomic E-state index is -0.402. The van der Waals surface area contributed by atoms with E-state index in [1.807, 2.05) is 72.8 Å². The molecule has 192 valence electrons. The second-order valence-electron chi connectivity index (χ2n) is 8.25. The van der Waals surface area contributed by atoms with E-state index in [1.54, 1.807) is 11.6 Å². The summed E-state index contributed by atoms with van der Waals surface area (Å²) in [5.74, 6) is 0.395. The lowest BCUT2D eigenvalue weighted by atomic mass is 10.0. The number of carbonyl (C=O) groups excluding carboxylic acids is 1. The van der Waals surface area contributed by atoms with Crippen molar-refractivity contribution >= 4 is 33.2 Å². The average Bonchev–Trinajstić information content (AvgIpc) is 3.25. The van der Waals surface area contributed by atoms with Crippen LogP contribution in [0.3, 0.4) is 0 Å². The van der Waals surface area contributed by atoms with Crippen LogP contribution in [0, 0.1) is 0 Å². The molecule has 0 radical (unpaired) electrons. The predicted molar refractivity (Wildman–Crippen MR) is 146 cm³/mol. The van der Waals surface area contributed by atoms with Gasteiger partial charge >= 0.3 is 10.8 Å². The third-order valence-electron chi connectivity index (χ3n) is 5.95. The maximum atomic E-state index is 12.7. The molecule has 4 rings (SSSR count). The molecule has 1 aromatic heterocycles. The summed E-state index contributed by atoms with van der Waals surface area (Å²) in [4.78, 5) is 29.6. The van der Waals surface area contributed by atoms with E-state index in [0.717, 1.165) is 26.9 Å². The van der Waals surface area contributed by atoms with Gasteiger partial charge in [0.1, 0.15) is 31.2 Å². The fourth-order valence-electron chi connectivity index (χ4n) is 4.04. The molecule has 8 nitrogen and oxygen atoms in total. The molecule has 3 aromatic carbocycles. The summed E-state index contributed by atoms with van der Waals surface area (Å²) in [6, 6.07) is 22.8. The summed E-state index contributed by atoms with van der Waals surface area (Å²) < 4.78 is 13.3. The van der Waals surface area contributed by atoms with Crippen LogP contribution in [0.15, 0.2) is 82.7 Å². The number of oxime groups is 1. The van der Waals surface area contributed by atoms with E-state index < -0.39 is 6.04 Å². The number of aromatic nitrogens is 1. The molecular formula is C28H29N3O5S. The molecule has 0 saturated carbocycles. The Labute approximate surface area is 219 Å². The van der Waals surface area contributed by atoms with Gasteiger partial charge in [0.25, 0.3) is 0 Å². The lowest BCUT2D eigenvalue weighted by Crippen LogP contribution is -2.36. The molecule has 0 aliphatic heterocycles. The molecule has 1 N–H and O–H groups in total. The Morgan fingerprint density at radius 1 is 1.03 bits per heavy atom. The van der Waals surface area contributed by atoms with Crippen LogP contribution < -0.4 is 14.9 Å². The first-order chi connectivity index (χ1) is 18.0. The first-order valence-corrected chi connectivity index (χ1v) is 12.6. The smallest absolute Gasteiger partial charge is 0.323 e. The van der Waals surface area contributed by atoms with E-state index in [4.69, 9.17) is 14.3 Å². The summed E-state index contributed by atoms with van der Waals surface area (Å²) in [5.41, 5.74) is 4.35. The number of fused-ring (bicyclic) bond motifs is 1. The van der Waals surface area contributed by atoms with Crippen molar-refractivity contribution in [2.75, 3.05) is 27.9 Å². The molecule has 37 heavy (non-hydrogen) atoms. The zero-order chi connectivity index (χ0) is 26.2. The van der Waals surface area contributed by atoms with Gasteiger partial charge in [0, 0.05) is 11.1 Å². The van der Waals surface area contributed by atoms with Crippen molar-refractivity contribution in [3.05, 3.63) is 99.2 Å². The van der Waals surface area contributed by atoms with Gasteiger partial charge in [0.15, 0.2) is 0 Å². The monoisotopic (exact) mass is 519 g/mol. The molecule has 0 spiro atoms. The van der Waals surface area contributed by atoms with E-state index in [0.29, 0.717) is 31.0 Å². The fourth-order valence-corrected chi connectivity index (χ4v) is 5.00. The molecule has 0 amide bonds. The number of carbonyl (C=O) groups is 1. The number of ether oxygens (including phenoxy) is 2. The Hall–Kier alpha value is -3.95. The largest absolute Gasteiger partial charge is 0.492 e. The molecular weight excluding hydrogens is 490 g/mol. The lowest BCUT2D eigenvalue weighted by molar-refractivity contribution is -0.142. The van der Waals surface area contributed by atoms with Gasteiger partial charge in [-0.05, 0) is 43.3 Å². The molecule has 9 heteroatoms. The third-order valence-corrected chi connectivity index (χ3v) is 6.89. The van der Waals surface area contributed by atoms with Crippen LogP contribution in [0.5, 0.6) is 5.75 Å². The number of benzene rings is 3. The maximum Gasteiger partial charge on any atom is 0.323 e. The number of methoxy groups -OCH3 is 1. The molecule has 0 aliphatic carbocycles. The summed E-state index contributed by atoms with van der Waals surface area (Å²) in [6.45, 7) is 0.760. The predicted octanol–water partition coefficient (Wildman–Crippen LogP) is 3.84. The number of hydrogen-bond acceptors (Lipinski definition) is 8. The fraction of sp³-hybridized carbons (Fsp3) is 0.250. The Morgan fingerprint density at radius 3 is 2.46 bits per heavy atom. The van der Waals surface area contributed by atoms with Crippen molar-refractivity contribution in [2.24, 2.45) is 5.16 Å². The van der Waals surface area contributed by atoms with Gasteiger partial charge in [0.2, 0.25) is 0 Å². The molecule has 0 fully saturated rings. The zero-order valence-corrected chi connectivity index (χ0v) is 21.8. The van der Waals surface area contributed by atoms with E-state index >= 15 is 0 Å². The minimum absolute atomic E-state index is 0.0445. The first kappa shape index (κ1) is 26.1. The van der Waals surface area contributed by atoms with E-state index in [9.17, 15) is 9.59 Å². The second kappa shape index (κ2) is 12.3. The van der Waals surface area contributed by atoms with Gasteiger partial charge in [0.05, 0.1) is 23.9 Å². The van der Waals surface area contributed by atoms with Crippen molar-refractivity contribution in [2.45, 2.75) is 19.0 Å². The molecule has 4 aromatic rings. The second-order valence-corrected chi connectivity index (χ2v) is 9.24. The van der Waals surface area contributed by atoms with Crippen LogP contribution in [0.2, 0.25) is 0 Å². The van der Waals surface area contributed by atoms with Crippen LogP contribution in [-0.4, -0.2) is 50.2 Å². The van der Waals surface area contributed by atoms with Gasteiger partial charge < -0.3 is 19.6 Å². The zero-order valence-electron chi connectivity index (χ0n) is 21.0. The molecule has 1 heterocycles. The van der Waals surface area contributed by atoms with Crippen LogP contribution in [-0.2, 0) is 27.3 Å². The normalized spacial score (nSPS) is 12.4. The van der Waals surface area contributed by atoms with Crippen LogP contribution in [0.25, 0.3) is 10.2 Å². The van der Waals surface area contributed by atoms with Crippen LogP contribution in [0.4, 0.5) is 0 Å². The standard InChI is InChI=1S/C28H29N3O5S/c1-29-23(27(32)34-2)17-19-9-12-22(13-10-19)36-16-15-31-24-14-11-21(18-25(24)37-28(31)33)26(30-35-3)20-7-5-4-6-8-20/h4-14,18,23,29H,15-17H2,1-3H3/b30-26+. The summed E-state index contributed by atoms with van der Waals surface area (Å²) >= 11 is 1.20. The number of thiazole rings is 1.